The van der Waals surface area contributed by atoms with Crippen LogP contribution in [0.15, 0.2) is 18.2 Å². The van der Waals surface area contributed by atoms with Crippen molar-refractivity contribution in [1.82, 2.24) is 0 Å². The monoisotopic (exact) mass is 251 g/mol. The van der Waals surface area contributed by atoms with Crippen molar-refractivity contribution in [3.05, 3.63) is 29.3 Å². The summed E-state index contributed by atoms with van der Waals surface area (Å²) in [6, 6.07) is 6.62. The van der Waals surface area contributed by atoms with Crippen molar-refractivity contribution in [3.63, 3.8) is 0 Å². The summed E-state index contributed by atoms with van der Waals surface area (Å²) < 4.78 is 1.25. The number of hydrogen-bond donors (Lipinski definition) is 1. The van der Waals surface area contributed by atoms with Gasteiger partial charge in [0, 0.05) is 0 Å². The van der Waals surface area contributed by atoms with Crippen LogP contribution in [-0.2, 0) is 20.0 Å². The zero-order valence-electron chi connectivity index (χ0n) is 10.9. The van der Waals surface area contributed by atoms with Crippen LogP contribution in [-0.4, -0.2) is 3.94 Å². The fourth-order valence-corrected chi connectivity index (χ4v) is 2.08. The Labute approximate surface area is 111 Å². The molecule has 1 aromatic carbocycles. The molecule has 16 heavy (non-hydrogen) atoms. The maximum atomic E-state index is 3.52. The van der Waals surface area contributed by atoms with Crippen LogP contribution < -0.4 is 5.32 Å². The van der Waals surface area contributed by atoms with Gasteiger partial charge in [0.1, 0.15) is 0 Å². The van der Waals surface area contributed by atoms with E-state index in [0.29, 0.717) is 11.8 Å². The molecular weight excluding hydrogens is 230 g/mol. The first-order chi connectivity index (χ1) is 7.43. The second-order valence-electron chi connectivity index (χ2n) is 4.87. The van der Waals surface area contributed by atoms with Crippen molar-refractivity contribution in [2.75, 3.05) is 5.32 Å². The second kappa shape index (κ2) is 5.79. The van der Waals surface area contributed by atoms with Gasteiger partial charge in [0.05, 0.1) is 0 Å². The topological polar surface area (TPSA) is 12.0 Å². The molecule has 0 unspecified atom stereocenters. The van der Waals surface area contributed by atoms with Crippen molar-refractivity contribution in [1.29, 1.82) is 0 Å². The van der Waals surface area contributed by atoms with Crippen molar-refractivity contribution in [2.45, 2.75) is 46.5 Å². The van der Waals surface area contributed by atoms with Gasteiger partial charge in [0.15, 0.2) is 0 Å². The number of rotatable bonds is 4. The molecule has 0 aromatic heterocycles. The van der Waals surface area contributed by atoms with Gasteiger partial charge in [-0.3, -0.25) is 0 Å². The molecule has 0 bridgehead atoms. The van der Waals surface area contributed by atoms with Crippen LogP contribution in [0.1, 0.15) is 57.6 Å². The molecule has 0 saturated carbocycles. The average molecular weight is 251 g/mol. The van der Waals surface area contributed by atoms with E-state index in [-0.39, 0.29) is 0 Å². The van der Waals surface area contributed by atoms with E-state index in [1.165, 1.54) is 20.7 Å². The molecule has 0 radical (unpaired) electrons. The molecule has 0 heterocycles. The summed E-state index contributed by atoms with van der Waals surface area (Å²) in [5, 5.41) is 3.52. The first-order valence-electron chi connectivity index (χ1n) is 5.88. The maximum absolute atomic E-state index is 3.52. The van der Waals surface area contributed by atoms with E-state index in [4.69, 9.17) is 0 Å². The Bertz CT molecular complexity index is 354. The first-order valence-corrected chi connectivity index (χ1v) is 6.66. The van der Waals surface area contributed by atoms with Crippen LogP contribution in [0, 0.1) is 0 Å². The fourth-order valence-electron chi connectivity index (χ4n) is 1.88. The summed E-state index contributed by atoms with van der Waals surface area (Å²) in [5.41, 5.74) is 4.13. The normalized spacial score (nSPS) is 10.9. The Hall–Kier alpha value is -0.396. The number of hydrogen-bond acceptors (Lipinski definition) is 1. The predicted molar refractivity (Wildman–Crippen MR) is 68.9 cm³/mol. The first kappa shape index (κ1) is 13.7. The van der Waals surface area contributed by atoms with Crippen molar-refractivity contribution in [3.8, 4) is 0 Å². The van der Waals surface area contributed by atoms with Gasteiger partial charge < -0.3 is 0 Å². The Morgan fingerprint density at radius 1 is 1.06 bits per heavy atom. The van der Waals surface area contributed by atoms with Crippen molar-refractivity contribution < 1.29 is 20.0 Å². The number of benzene rings is 1. The SMILES string of the molecule is C[C](=[Ti])Nc1c(C(C)C)cccc1C(C)C. The molecule has 0 aliphatic heterocycles. The van der Waals surface area contributed by atoms with Crippen molar-refractivity contribution >= 4 is 9.62 Å². The van der Waals surface area contributed by atoms with Gasteiger partial charge in [-0.2, -0.15) is 0 Å². The zero-order chi connectivity index (χ0) is 12.3. The fraction of sp³-hybridized carbons (Fsp3) is 0.500. The molecule has 0 amide bonds. The van der Waals surface area contributed by atoms with Gasteiger partial charge in [0.25, 0.3) is 0 Å². The minimum atomic E-state index is 0.556. The van der Waals surface area contributed by atoms with E-state index < -0.39 is 0 Å². The van der Waals surface area contributed by atoms with E-state index >= 15 is 0 Å². The Kier molecular flexibility index (Phi) is 4.95. The van der Waals surface area contributed by atoms with E-state index in [1.807, 2.05) is 0 Å². The third-order valence-corrected chi connectivity index (χ3v) is 2.88. The quantitative estimate of drug-likeness (QED) is 0.796. The standard InChI is InChI=1S/C14H21N.Ti/c1-6-15-14-12(10(2)3)8-7-9-13(14)11(4)5;/h7-11,15H,1-5H3;. The molecule has 1 rings (SSSR count). The molecule has 86 valence electrons. The van der Waals surface area contributed by atoms with Gasteiger partial charge in [0.2, 0.25) is 0 Å². The number of para-hydroxylation sites is 1. The van der Waals surface area contributed by atoms with E-state index in [1.54, 1.807) is 0 Å². The zero-order valence-corrected chi connectivity index (χ0v) is 12.4. The van der Waals surface area contributed by atoms with Gasteiger partial charge in [-0.25, -0.2) is 0 Å². The molecule has 1 N–H and O–H groups in total. The molecule has 0 aliphatic carbocycles. The number of anilines is 1. The Morgan fingerprint density at radius 3 is 1.81 bits per heavy atom. The predicted octanol–water partition coefficient (Wildman–Crippen LogP) is 4.04. The molecule has 1 aromatic rings. The van der Waals surface area contributed by atoms with Gasteiger partial charge in [-0.15, -0.1) is 0 Å². The molecule has 0 aliphatic rings. The molecule has 0 spiro atoms. The summed E-state index contributed by atoms with van der Waals surface area (Å²) in [5.74, 6) is 1.11. The van der Waals surface area contributed by atoms with Gasteiger partial charge in [-0.05, 0) is 0 Å². The van der Waals surface area contributed by atoms with Crippen LogP contribution in [0.3, 0.4) is 0 Å². The van der Waals surface area contributed by atoms with Gasteiger partial charge in [-0.1, -0.05) is 0 Å². The van der Waals surface area contributed by atoms with Crippen LogP contribution in [0.4, 0.5) is 5.69 Å². The summed E-state index contributed by atoms with van der Waals surface area (Å²) in [6.07, 6.45) is 0. The summed E-state index contributed by atoms with van der Waals surface area (Å²) in [7, 11) is 0. The molecular formula is C14H21NTi. The number of nitrogens with one attached hydrogen (secondary N) is 1. The molecule has 0 atom stereocenters. The van der Waals surface area contributed by atoms with Crippen LogP contribution in [0.2, 0.25) is 0 Å². The van der Waals surface area contributed by atoms with Crippen molar-refractivity contribution in [2.24, 2.45) is 0 Å². The van der Waals surface area contributed by atoms with Crippen LogP contribution in [0.5, 0.6) is 0 Å². The average Bonchev–Trinajstić information content (AvgIpc) is 2.16. The Balaban J connectivity index is 3.28. The van der Waals surface area contributed by atoms with Crippen LogP contribution in [0.25, 0.3) is 0 Å². The third kappa shape index (κ3) is 3.30. The summed E-state index contributed by atoms with van der Waals surface area (Å²) in [6.45, 7) is 11.1. The molecule has 0 saturated heterocycles. The molecule has 2 heteroatoms. The van der Waals surface area contributed by atoms with E-state index in [2.05, 4.69) is 78.1 Å². The minimum absolute atomic E-state index is 0.556. The third-order valence-electron chi connectivity index (χ3n) is 2.69. The van der Waals surface area contributed by atoms with Gasteiger partial charge >= 0.3 is 111 Å². The molecule has 1 nitrogen and oxygen atoms in total. The second-order valence-corrected chi connectivity index (χ2v) is 6.04. The summed E-state index contributed by atoms with van der Waals surface area (Å²) >= 11 is 2.11. The van der Waals surface area contributed by atoms with Crippen LogP contribution >= 0.6 is 0 Å². The summed E-state index contributed by atoms with van der Waals surface area (Å²) in [4.78, 5) is 0. The van der Waals surface area contributed by atoms with E-state index in [0.717, 1.165) is 0 Å². The molecule has 0 fully saturated rings. The van der Waals surface area contributed by atoms with E-state index in [9.17, 15) is 0 Å². The Morgan fingerprint density at radius 2 is 1.50 bits per heavy atom.